The molecule has 1 amide bonds. The first-order valence-corrected chi connectivity index (χ1v) is 6.92. The van der Waals surface area contributed by atoms with Crippen molar-refractivity contribution in [2.75, 3.05) is 5.32 Å². The van der Waals surface area contributed by atoms with Gasteiger partial charge in [0.05, 0.1) is 10.5 Å². The molecule has 88 valence electrons. The molecule has 2 aromatic rings. The van der Waals surface area contributed by atoms with E-state index in [9.17, 15) is 4.79 Å². The molecule has 1 N–H and O–H groups in total. The SMILES string of the molecule is C[C@H](Br)C(=O)Nc1nc(-c2ccccc2)cs1. The van der Waals surface area contributed by atoms with E-state index in [2.05, 4.69) is 26.2 Å². The van der Waals surface area contributed by atoms with Crippen molar-refractivity contribution >= 4 is 38.3 Å². The van der Waals surface area contributed by atoms with E-state index in [0.29, 0.717) is 5.13 Å². The maximum absolute atomic E-state index is 11.5. The second-order valence-corrected chi connectivity index (χ2v) is 5.74. The van der Waals surface area contributed by atoms with Crippen molar-refractivity contribution in [3.63, 3.8) is 0 Å². The van der Waals surface area contributed by atoms with Gasteiger partial charge in [0, 0.05) is 10.9 Å². The topological polar surface area (TPSA) is 42.0 Å². The number of hydrogen-bond donors (Lipinski definition) is 1. The predicted octanol–water partition coefficient (Wildman–Crippen LogP) is 3.53. The van der Waals surface area contributed by atoms with E-state index < -0.39 is 0 Å². The normalized spacial score (nSPS) is 12.1. The van der Waals surface area contributed by atoms with Crippen molar-refractivity contribution in [2.24, 2.45) is 0 Å². The summed E-state index contributed by atoms with van der Waals surface area (Å²) in [6, 6.07) is 9.88. The van der Waals surface area contributed by atoms with Gasteiger partial charge in [-0.05, 0) is 6.92 Å². The first kappa shape index (κ1) is 12.3. The Hall–Kier alpha value is -1.20. The van der Waals surface area contributed by atoms with Gasteiger partial charge in [0.1, 0.15) is 0 Å². The molecule has 0 radical (unpaired) electrons. The predicted molar refractivity (Wildman–Crippen MR) is 74.6 cm³/mol. The Labute approximate surface area is 112 Å². The minimum Gasteiger partial charge on any atom is -0.301 e. The third kappa shape index (κ3) is 3.14. The van der Waals surface area contributed by atoms with E-state index in [1.54, 1.807) is 6.92 Å². The second kappa shape index (κ2) is 5.42. The average Bonchev–Trinajstić information content (AvgIpc) is 2.78. The Balaban J connectivity index is 2.14. The molecule has 0 spiro atoms. The van der Waals surface area contributed by atoms with Gasteiger partial charge in [-0.25, -0.2) is 4.98 Å². The van der Waals surface area contributed by atoms with E-state index in [4.69, 9.17) is 0 Å². The standard InChI is InChI=1S/C12H11BrN2OS/c1-8(13)11(16)15-12-14-10(7-17-12)9-5-3-2-4-6-9/h2-8H,1H3,(H,14,15,16)/t8-/m0/s1. The number of rotatable bonds is 3. The van der Waals surface area contributed by atoms with Crippen LogP contribution >= 0.6 is 27.3 Å². The van der Waals surface area contributed by atoms with Crippen LogP contribution in [0.5, 0.6) is 0 Å². The summed E-state index contributed by atoms with van der Waals surface area (Å²) in [5.41, 5.74) is 1.93. The molecule has 17 heavy (non-hydrogen) atoms. The molecule has 0 unspecified atom stereocenters. The molecule has 1 aromatic carbocycles. The van der Waals surface area contributed by atoms with Crippen LogP contribution in [0.4, 0.5) is 5.13 Å². The third-order valence-corrected chi connectivity index (χ3v) is 3.34. The summed E-state index contributed by atoms with van der Waals surface area (Å²) in [7, 11) is 0. The number of anilines is 1. The minimum atomic E-state index is -0.216. The van der Waals surface area contributed by atoms with Crippen LogP contribution in [0.15, 0.2) is 35.7 Å². The molecule has 0 aliphatic heterocycles. The molecule has 3 nitrogen and oxygen atoms in total. The fourth-order valence-corrected chi connectivity index (χ4v) is 2.11. The molecular weight excluding hydrogens is 300 g/mol. The van der Waals surface area contributed by atoms with Gasteiger partial charge in [-0.15, -0.1) is 11.3 Å². The number of aromatic nitrogens is 1. The number of carbonyl (C=O) groups is 1. The van der Waals surface area contributed by atoms with Gasteiger partial charge in [-0.2, -0.15) is 0 Å². The zero-order chi connectivity index (χ0) is 12.3. The van der Waals surface area contributed by atoms with Crippen LogP contribution < -0.4 is 5.32 Å². The van der Waals surface area contributed by atoms with Crippen LogP contribution in [0.2, 0.25) is 0 Å². The molecular formula is C12H11BrN2OS. The van der Waals surface area contributed by atoms with Gasteiger partial charge in [-0.3, -0.25) is 4.79 Å². The third-order valence-electron chi connectivity index (χ3n) is 2.17. The van der Waals surface area contributed by atoms with Crippen molar-refractivity contribution in [3.05, 3.63) is 35.7 Å². The van der Waals surface area contributed by atoms with Crippen molar-refractivity contribution < 1.29 is 4.79 Å². The first-order chi connectivity index (χ1) is 8.16. The molecule has 1 aromatic heterocycles. The van der Waals surface area contributed by atoms with Gasteiger partial charge in [0.25, 0.3) is 0 Å². The van der Waals surface area contributed by atoms with Crippen LogP contribution in [-0.2, 0) is 4.79 Å². The number of benzene rings is 1. The van der Waals surface area contributed by atoms with Crippen molar-refractivity contribution in [1.82, 2.24) is 4.98 Å². The smallest absolute Gasteiger partial charge is 0.239 e. The van der Waals surface area contributed by atoms with E-state index in [1.165, 1.54) is 11.3 Å². The summed E-state index contributed by atoms with van der Waals surface area (Å²) in [6.45, 7) is 1.78. The molecule has 5 heteroatoms. The van der Waals surface area contributed by atoms with Crippen LogP contribution in [0.1, 0.15) is 6.92 Å². The van der Waals surface area contributed by atoms with Gasteiger partial charge < -0.3 is 5.32 Å². The summed E-state index contributed by atoms with van der Waals surface area (Å²) in [5.74, 6) is -0.0843. The highest BCUT2D eigenvalue weighted by Gasteiger charge is 2.11. The Bertz CT molecular complexity index is 510. The van der Waals surface area contributed by atoms with Gasteiger partial charge in [-0.1, -0.05) is 46.3 Å². The molecule has 0 bridgehead atoms. The molecule has 0 aliphatic rings. The number of halogens is 1. The average molecular weight is 311 g/mol. The monoisotopic (exact) mass is 310 g/mol. The van der Waals surface area contributed by atoms with Crippen molar-refractivity contribution in [3.8, 4) is 11.3 Å². The number of hydrogen-bond acceptors (Lipinski definition) is 3. The lowest BCUT2D eigenvalue weighted by Gasteiger charge is -2.02. The Kier molecular flexibility index (Phi) is 3.91. The molecule has 0 saturated carbocycles. The second-order valence-electron chi connectivity index (χ2n) is 3.51. The maximum Gasteiger partial charge on any atom is 0.239 e. The van der Waals surface area contributed by atoms with Gasteiger partial charge >= 0.3 is 0 Å². The van der Waals surface area contributed by atoms with E-state index in [0.717, 1.165) is 11.3 Å². The lowest BCUT2D eigenvalue weighted by Crippen LogP contribution is -2.19. The highest BCUT2D eigenvalue weighted by Crippen LogP contribution is 2.24. The van der Waals surface area contributed by atoms with Gasteiger partial charge in [0.2, 0.25) is 5.91 Å². The first-order valence-electron chi connectivity index (χ1n) is 5.12. The summed E-state index contributed by atoms with van der Waals surface area (Å²) in [5, 5.41) is 5.31. The quantitative estimate of drug-likeness (QED) is 0.881. The van der Waals surface area contributed by atoms with E-state index >= 15 is 0 Å². The summed E-state index contributed by atoms with van der Waals surface area (Å²) >= 11 is 4.64. The zero-order valence-corrected chi connectivity index (χ0v) is 11.6. The number of alkyl halides is 1. The molecule has 2 rings (SSSR count). The lowest BCUT2D eigenvalue weighted by atomic mass is 10.2. The maximum atomic E-state index is 11.5. The number of amides is 1. The zero-order valence-electron chi connectivity index (χ0n) is 9.18. The largest absolute Gasteiger partial charge is 0.301 e. The van der Waals surface area contributed by atoms with Crippen molar-refractivity contribution in [1.29, 1.82) is 0 Å². The molecule has 0 saturated heterocycles. The molecule has 1 heterocycles. The van der Waals surface area contributed by atoms with Crippen molar-refractivity contribution in [2.45, 2.75) is 11.8 Å². The Morgan fingerprint density at radius 2 is 2.12 bits per heavy atom. The number of carbonyl (C=O) groups excluding carboxylic acids is 1. The number of nitrogens with zero attached hydrogens (tertiary/aromatic N) is 1. The lowest BCUT2D eigenvalue weighted by molar-refractivity contribution is -0.115. The molecule has 0 fully saturated rings. The Morgan fingerprint density at radius 1 is 1.41 bits per heavy atom. The molecule has 1 atom stereocenters. The summed E-state index contributed by atoms with van der Waals surface area (Å²) in [6.07, 6.45) is 0. The van der Waals surface area contributed by atoms with Crippen LogP contribution in [0.25, 0.3) is 11.3 Å². The Morgan fingerprint density at radius 3 is 2.76 bits per heavy atom. The van der Waals surface area contributed by atoms with E-state index in [-0.39, 0.29) is 10.7 Å². The van der Waals surface area contributed by atoms with E-state index in [1.807, 2.05) is 35.7 Å². The highest BCUT2D eigenvalue weighted by molar-refractivity contribution is 9.10. The molecule has 0 aliphatic carbocycles. The minimum absolute atomic E-state index is 0.0843. The number of thiazole rings is 1. The highest BCUT2D eigenvalue weighted by atomic mass is 79.9. The van der Waals surface area contributed by atoms with Crippen LogP contribution in [-0.4, -0.2) is 15.7 Å². The summed E-state index contributed by atoms with van der Waals surface area (Å²) in [4.78, 5) is 15.6. The summed E-state index contributed by atoms with van der Waals surface area (Å²) < 4.78 is 0. The number of nitrogens with one attached hydrogen (secondary N) is 1. The van der Waals surface area contributed by atoms with Gasteiger partial charge in [0.15, 0.2) is 5.13 Å². The fourth-order valence-electron chi connectivity index (χ4n) is 1.28. The fraction of sp³-hybridized carbons (Fsp3) is 0.167. The van der Waals surface area contributed by atoms with Crippen LogP contribution in [0, 0.1) is 0 Å². The van der Waals surface area contributed by atoms with Crippen LogP contribution in [0.3, 0.4) is 0 Å².